The van der Waals surface area contributed by atoms with Crippen LogP contribution in [0.25, 0.3) is 22.4 Å². The molecular formula is C17H14F2N2O3S. The fourth-order valence-corrected chi connectivity index (χ4v) is 2.97. The molecule has 0 saturated heterocycles. The van der Waals surface area contributed by atoms with E-state index in [1.807, 2.05) is 19.1 Å². The van der Waals surface area contributed by atoms with Gasteiger partial charge in [-0.25, -0.2) is 22.3 Å². The topological polar surface area (TPSA) is 86.2 Å². The maximum atomic E-state index is 13.3. The quantitative estimate of drug-likeness (QED) is 0.761. The summed E-state index contributed by atoms with van der Waals surface area (Å²) in [5.41, 5.74) is 2.38. The lowest BCUT2D eigenvalue weighted by Gasteiger charge is -2.06. The van der Waals surface area contributed by atoms with Crippen LogP contribution in [0.5, 0.6) is 0 Å². The van der Waals surface area contributed by atoms with E-state index in [-0.39, 0.29) is 16.2 Å². The van der Waals surface area contributed by atoms with Crippen molar-refractivity contribution in [2.24, 2.45) is 5.14 Å². The van der Waals surface area contributed by atoms with Gasteiger partial charge in [-0.15, -0.1) is 0 Å². The molecule has 25 heavy (non-hydrogen) atoms. The van der Waals surface area contributed by atoms with Gasteiger partial charge in [0.25, 0.3) is 6.43 Å². The summed E-state index contributed by atoms with van der Waals surface area (Å²) in [6, 6.07) is 12.5. The molecule has 8 heteroatoms. The third kappa shape index (κ3) is 3.45. The van der Waals surface area contributed by atoms with Crippen LogP contribution in [0.1, 0.15) is 17.7 Å². The molecule has 0 aliphatic rings. The van der Waals surface area contributed by atoms with Gasteiger partial charge in [0.05, 0.1) is 10.5 Å². The number of aromatic nitrogens is 1. The molecule has 2 N–H and O–H groups in total. The molecule has 0 radical (unpaired) electrons. The molecule has 0 saturated carbocycles. The Hall–Kier alpha value is -2.58. The lowest BCUT2D eigenvalue weighted by atomic mass is 9.98. The van der Waals surface area contributed by atoms with Crippen LogP contribution in [0.2, 0.25) is 0 Å². The molecule has 130 valence electrons. The molecule has 1 heterocycles. The van der Waals surface area contributed by atoms with E-state index in [0.29, 0.717) is 11.1 Å². The van der Waals surface area contributed by atoms with E-state index in [2.05, 4.69) is 5.16 Å². The lowest BCUT2D eigenvalue weighted by Crippen LogP contribution is -2.11. The maximum Gasteiger partial charge on any atom is 0.298 e. The number of aryl methyl sites for hydroxylation is 1. The van der Waals surface area contributed by atoms with Gasteiger partial charge in [0.1, 0.15) is 5.69 Å². The van der Waals surface area contributed by atoms with Crippen molar-refractivity contribution < 1.29 is 21.7 Å². The van der Waals surface area contributed by atoms with Crippen LogP contribution in [0, 0.1) is 6.92 Å². The van der Waals surface area contributed by atoms with Crippen LogP contribution in [0.3, 0.4) is 0 Å². The second-order valence-electron chi connectivity index (χ2n) is 5.51. The number of benzene rings is 2. The summed E-state index contributed by atoms with van der Waals surface area (Å²) in [6.07, 6.45) is -2.86. The van der Waals surface area contributed by atoms with E-state index >= 15 is 0 Å². The lowest BCUT2D eigenvalue weighted by molar-refractivity contribution is 0.113. The van der Waals surface area contributed by atoms with Crippen LogP contribution in [0.15, 0.2) is 57.9 Å². The molecule has 5 nitrogen and oxygen atoms in total. The predicted octanol–water partition coefficient (Wildman–Crippen LogP) is 3.90. The summed E-state index contributed by atoms with van der Waals surface area (Å²) in [6.45, 7) is 1.91. The van der Waals surface area contributed by atoms with Crippen LogP contribution in [-0.2, 0) is 10.0 Å². The van der Waals surface area contributed by atoms with E-state index in [9.17, 15) is 17.2 Å². The molecule has 0 aliphatic heterocycles. The Morgan fingerprint density at radius 3 is 2.08 bits per heavy atom. The summed E-state index contributed by atoms with van der Waals surface area (Å²) >= 11 is 0. The number of alkyl halides is 2. The first kappa shape index (κ1) is 17.2. The van der Waals surface area contributed by atoms with Crippen LogP contribution in [-0.4, -0.2) is 13.6 Å². The zero-order valence-electron chi connectivity index (χ0n) is 13.1. The zero-order valence-corrected chi connectivity index (χ0v) is 13.9. The minimum atomic E-state index is -3.87. The summed E-state index contributed by atoms with van der Waals surface area (Å²) in [7, 11) is -3.87. The first-order chi connectivity index (χ1) is 11.8. The molecule has 0 spiro atoms. The van der Waals surface area contributed by atoms with E-state index in [4.69, 9.17) is 9.66 Å². The highest BCUT2D eigenvalue weighted by molar-refractivity contribution is 7.89. The van der Waals surface area contributed by atoms with Crippen molar-refractivity contribution in [3.8, 4) is 22.4 Å². The molecule has 0 amide bonds. The van der Waals surface area contributed by atoms with Crippen molar-refractivity contribution in [3.63, 3.8) is 0 Å². The second kappa shape index (κ2) is 6.38. The summed E-state index contributed by atoms with van der Waals surface area (Å²) in [5.74, 6) is -0.570. The molecule has 0 unspecified atom stereocenters. The average molecular weight is 364 g/mol. The minimum Gasteiger partial charge on any atom is -0.354 e. The largest absolute Gasteiger partial charge is 0.354 e. The predicted molar refractivity (Wildman–Crippen MR) is 88.4 cm³/mol. The normalized spacial score (nSPS) is 11.9. The van der Waals surface area contributed by atoms with Gasteiger partial charge in [0.2, 0.25) is 15.8 Å². The van der Waals surface area contributed by atoms with Gasteiger partial charge in [-0.1, -0.05) is 47.1 Å². The van der Waals surface area contributed by atoms with Gasteiger partial charge in [-0.3, -0.25) is 0 Å². The Morgan fingerprint density at radius 1 is 1.00 bits per heavy atom. The first-order valence-electron chi connectivity index (χ1n) is 7.25. The van der Waals surface area contributed by atoms with Gasteiger partial charge in [0.15, 0.2) is 0 Å². The number of halogens is 2. The fourth-order valence-electron chi connectivity index (χ4n) is 2.45. The Morgan fingerprint density at radius 2 is 1.56 bits per heavy atom. The van der Waals surface area contributed by atoms with Crippen molar-refractivity contribution in [1.29, 1.82) is 0 Å². The van der Waals surface area contributed by atoms with Crippen molar-refractivity contribution in [3.05, 3.63) is 59.9 Å². The number of primary sulfonamides is 1. The fraction of sp³-hybridized carbons (Fsp3) is 0.118. The van der Waals surface area contributed by atoms with Crippen molar-refractivity contribution in [1.82, 2.24) is 5.16 Å². The molecular weight excluding hydrogens is 350 g/mol. The minimum absolute atomic E-state index is 0.108. The summed E-state index contributed by atoms with van der Waals surface area (Å²) in [5, 5.41) is 8.85. The SMILES string of the molecule is Cc1ccc(-c2noc(C(F)F)c2-c2ccc(S(N)(=O)=O)cc2)cc1. The highest BCUT2D eigenvalue weighted by atomic mass is 32.2. The summed E-state index contributed by atoms with van der Waals surface area (Å²) in [4.78, 5) is -0.108. The van der Waals surface area contributed by atoms with Gasteiger partial charge in [0, 0.05) is 5.56 Å². The van der Waals surface area contributed by atoms with Gasteiger partial charge < -0.3 is 4.52 Å². The van der Waals surface area contributed by atoms with Crippen molar-refractivity contribution in [2.45, 2.75) is 18.2 Å². The molecule has 1 aromatic heterocycles. The smallest absolute Gasteiger partial charge is 0.298 e. The highest BCUT2D eigenvalue weighted by Crippen LogP contribution is 2.39. The van der Waals surface area contributed by atoms with Crippen molar-refractivity contribution >= 4 is 10.0 Å². The Kier molecular flexibility index (Phi) is 4.40. The zero-order chi connectivity index (χ0) is 18.2. The van der Waals surface area contributed by atoms with Gasteiger partial charge in [-0.2, -0.15) is 0 Å². The van der Waals surface area contributed by atoms with Crippen LogP contribution >= 0.6 is 0 Å². The Balaban J connectivity index is 2.16. The number of sulfonamides is 1. The van der Waals surface area contributed by atoms with E-state index in [1.165, 1.54) is 24.3 Å². The second-order valence-corrected chi connectivity index (χ2v) is 7.07. The number of nitrogens with zero attached hydrogens (tertiary/aromatic N) is 1. The first-order valence-corrected chi connectivity index (χ1v) is 8.80. The maximum absolute atomic E-state index is 13.3. The van der Waals surface area contributed by atoms with Gasteiger partial charge in [-0.05, 0) is 24.6 Å². The van der Waals surface area contributed by atoms with Crippen molar-refractivity contribution in [2.75, 3.05) is 0 Å². The Bertz CT molecular complexity index is 995. The molecule has 0 atom stereocenters. The van der Waals surface area contributed by atoms with Crippen LogP contribution in [0.4, 0.5) is 8.78 Å². The third-order valence-corrected chi connectivity index (χ3v) is 4.64. The molecule has 3 rings (SSSR count). The number of hydrogen-bond donors (Lipinski definition) is 1. The molecule has 3 aromatic rings. The van der Waals surface area contributed by atoms with Crippen LogP contribution < -0.4 is 5.14 Å². The van der Waals surface area contributed by atoms with E-state index < -0.39 is 22.2 Å². The highest BCUT2D eigenvalue weighted by Gasteiger charge is 2.25. The van der Waals surface area contributed by atoms with E-state index in [0.717, 1.165) is 5.56 Å². The number of hydrogen-bond acceptors (Lipinski definition) is 4. The average Bonchev–Trinajstić information content (AvgIpc) is 3.00. The van der Waals surface area contributed by atoms with Gasteiger partial charge >= 0.3 is 0 Å². The number of rotatable bonds is 4. The number of nitrogens with two attached hydrogens (primary N) is 1. The third-order valence-electron chi connectivity index (χ3n) is 3.71. The Labute approximate surface area is 143 Å². The molecule has 0 fully saturated rings. The summed E-state index contributed by atoms with van der Waals surface area (Å²) < 4.78 is 54.2. The monoisotopic (exact) mass is 364 g/mol. The molecule has 0 aliphatic carbocycles. The standard InChI is InChI=1S/C17H14F2N2O3S/c1-10-2-4-12(5-3-10)15-14(16(17(18)19)24-21-15)11-6-8-13(9-7-11)25(20,22)23/h2-9,17H,1H3,(H2,20,22,23). The molecule has 2 aromatic carbocycles. The molecule has 0 bridgehead atoms. The van der Waals surface area contributed by atoms with E-state index in [1.54, 1.807) is 12.1 Å².